The molecule has 0 aromatic rings. The Morgan fingerprint density at radius 1 is 1.43 bits per heavy atom. The van der Waals surface area contributed by atoms with E-state index in [4.69, 9.17) is 4.74 Å². The number of ether oxygens (including phenoxy) is 1. The monoisotopic (exact) mass is 195 g/mol. The second kappa shape index (κ2) is 3.73. The molecule has 1 amide bonds. The maximum absolute atomic E-state index is 11.3. The Kier molecular flexibility index (Phi) is 2.59. The summed E-state index contributed by atoms with van der Waals surface area (Å²) in [6.07, 6.45) is 5.77. The van der Waals surface area contributed by atoms with E-state index in [9.17, 15) is 4.79 Å². The van der Waals surface area contributed by atoms with Crippen LogP contribution in [0.2, 0.25) is 0 Å². The van der Waals surface area contributed by atoms with Crippen LogP contribution in [0.25, 0.3) is 0 Å². The minimum absolute atomic E-state index is 0.0174. The fraction of sp³-hybridized carbons (Fsp3) is 0.727. The molecule has 0 radical (unpaired) electrons. The molecule has 0 atom stereocenters. The van der Waals surface area contributed by atoms with Gasteiger partial charge in [-0.1, -0.05) is 6.58 Å². The lowest BCUT2D eigenvalue weighted by Gasteiger charge is -2.38. The molecule has 0 aromatic heterocycles. The summed E-state index contributed by atoms with van der Waals surface area (Å²) < 4.78 is 5.34. The molecular weight excluding hydrogens is 178 g/mol. The fourth-order valence-electron chi connectivity index (χ4n) is 2.30. The van der Waals surface area contributed by atoms with Crippen molar-refractivity contribution in [2.75, 3.05) is 13.2 Å². The lowest BCUT2D eigenvalue weighted by Crippen LogP contribution is -2.53. The zero-order valence-corrected chi connectivity index (χ0v) is 8.42. The van der Waals surface area contributed by atoms with Crippen LogP contribution >= 0.6 is 0 Å². The van der Waals surface area contributed by atoms with E-state index in [0.717, 1.165) is 26.1 Å². The molecule has 2 fully saturated rings. The quantitative estimate of drug-likeness (QED) is 0.688. The summed E-state index contributed by atoms with van der Waals surface area (Å²) in [5.41, 5.74) is 0.0174. The van der Waals surface area contributed by atoms with Gasteiger partial charge in [0.25, 0.3) is 0 Å². The minimum Gasteiger partial charge on any atom is -0.381 e. The molecule has 14 heavy (non-hydrogen) atoms. The normalized spacial score (nSPS) is 25.4. The first-order valence-corrected chi connectivity index (χ1v) is 5.29. The highest BCUT2D eigenvalue weighted by Crippen LogP contribution is 2.44. The van der Waals surface area contributed by atoms with Crippen LogP contribution in [-0.2, 0) is 9.53 Å². The summed E-state index contributed by atoms with van der Waals surface area (Å²) >= 11 is 0. The lowest BCUT2D eigenvalue weighted by molar-refractivity contribution is -0.120. The summed E-state index contributed by atoms with van der Waals surface area (Å²) in [5, 5.41) is 3.11. The van der Waals surface area contributed by atoms with Crippen LogP contribution in [-0.4, -0.2) is 24.7 Å². The topological polar surface area (TPSA) is 38.3 Å². The second-order valence-corrected chi connectivity index (χ2v) is 4.24. The van der Waals surface area contributed by atoms with Crippen molar-refractivity contribution in [1.82, 2.24) is 5.32 Å². The van der Waals surface area contributed by atoms with Crippen LogP contribution in [0.3, 0.4) is 0 Å². The average molecular weight is 195 g/mol. The zero-order chi connectivity index (χ0) is 10.0. The molecule has 1 aliphatic carbocycles. The maximum atomic E-state index is 11.3. The van der Waals surface area contributed by atoms with E-state index in [-0.39, 0.29) is 11.4 Å². The summed E-state index contributed by atoms with van der Waals surface area (Å²) in [6.45, 7) is 5.04. The molecule has 1 N–H and O–H groups in total. The van der Waals surface area contributed by atoms with E-state index in [1.54, 1.807) is 0 Å². The van der Waals surface area contributed by atoms with Crippen LogP contribution in [0, 0.1) is 5.92 Å². The van der Waals surface area contributed by atoms with Crippen LogP contribution in [0.5, 0.6) is 0 Å². The molecule has 1 heterocycles. The molecule has 0 bridgehead atoms. The van der Waals surface area contributed by atoms with Crippen LogP contribution < -0.4 is 5.32 Å². The Morgan fingerprint density at radius 3 is 2.57 bits per heavy atom. The number of amides is 1. The second-order valence-electron chi connectivity index (χ2n) is 4.24. The number of rotatable bonds is 3. The number of carbonyl (C=O) groups excluding carboxylic acids is 1. The van der Waals surface area contributed by atoms with Gasteiger partial charge in [-0.3, -0.25) is 4.79 Å². The van der Waals surface area contributed by atoms with Gasteiger partial charge in [0.2, 0.25) is 5.91 Å². The molecular formula is C11H17NO2. The zero-order valence-electron chi connectivity index (χ0n) is 8.42. The van der Waals surface area contributed by atoms with Gasteiger partial charge in [-0.05, 0) is 37.7 Å². The van der Waals surface area contributed by atoms with Crippen molar-refractivity contribution >= 4 is 5.91 Å². The van der Waals surface area contributed by atoms with Gasteiger partial charge in [-0.2, -0.15) is 0 Å². The molecule has 1 saturated carbocycles. The first-order valence-electron chi connectivity index (χ1n) is 5.29. The van der Waals surface area contributed by atoms with E-state index in [2.05, 4.69) is 11.9 Å². The molecule has 0 spiro atoms. The van der Waals surface area contributed by atoms with Gasteiger partial charge >= 0.3 is 0 Å². The number of carbonyl (C=O) groups is 1. The number of nitrogens with one attached hydrogen (secondary N) is 1. The van der Waals surface area contributed by atoms with Gasteiger partial charge < -0.3 is 10.1 Å². The SMILES string of the molecule is C=CC(=O)NC1(C2CC2)CCOCC1. The van der Waals surface area contributed by atoms with E-state index in [1.807, 2.05) is 0 Å². The van der Waals surface area contributed by atoms with E-state index < -0.39 is 0 Å². The van der Waals surface area contributed by atoms with Gasteiger partial charge in [-0.15, -0.1) is 0 Å². The Bertz CT molecular complexity index is 240. The largest absolute Gasteiger partial charge is 0.381 e. The van der Waals surface area contributed by atoms with Crippen molar-refractivity contribution in [3.05, 3.63) is 12.7 Å². The molecule has 3 heteroatoms. The molecule has 0 unspecified atom stereocenters. The van der Waals surface area contributed by atoms with E-state index in [1.165, 1.54) is 18.9 Å². The summed E-state index contributed by atoms with van der Waals surface area (Å²) in [4.78, 5) is 11.3. The van der Waals surface area contributed by atoms with Crippen molar-refractivity contribution in [2.24, 2.45) is 5.92 Å². The molecule has 2 rings (SSSR count). The van der Waals surface area contributed by atoms with Crippen molar-refractivity contribution in [3.63, 3.8) is 0 Å². The number of hydrogen-bond acceptors (Lipinski definition) is 2. The molecule has 1 saturated heterocycles. The molecule has 78 valence electrons. The van der Waals surface area contributed by atoms with Gasteiger partial charge in [-0.25, -0.2) is 0 Å². The van der Waals surface area contributed by atoms with Crippen molar-refractivity contribution in [3.8, 4) is 0 Å². The molecule has 2 aliphatic rings. The lowest BCUT2D eigenvalue weighted by atomic mass is 9.85. The van der Waals surface area contributed by atoms with Gasteiger partial charge in [0.05, 0.1) is 0 Å². The third kappa shape index (κ3) is 1.82. The van der Waals surface area contributed by atoms with Gasteiger partial charge in [0.15, 0.2) is 0 Å². The van der Waals surface area contributed by atoms with Crippen LogP contribution in [0.4, 0.5) is 0 Å². The Morgan fingerprint density at radius 2 is 2.07 bits per heavy atom. The summed E-state index contributed by atoms with van der Waals surface area (Å²) in [7, 11) is 0. The minimum atomic E-state index is -0.0428. The third-order valence-corrected chi connectivity index (χ3v) is 3.30. The smallest absolute Gasteiger partial charge is 0.243 e. The summed E-state index contributed by atoms with van der Waals surface area (Å²) in [5.74, 6) is 0.633. The van der Waals surface area contributed by atoms with Gasteiger partial charge in [0, 0.05) is 18.8 Å². The van der Waals surface area contributed by atoms with Gasteiger partial charge in [0.1, 0.15) is 0 Å². The predicted molar refractivity (Wildman–Crippen MR) is 53.8 cm³/mol. The number of hydrogen-bond donors (Lipinski definition) is 1. The Labute approximate surface area is 84.5 Å². The standard InChI is InChI=1S/C11H17NO2/c1-2-10(13)12-11(9-3-4-9)5-7-14-8-6-11/h2,9H,1,3-8H2,(H,12,13). The van der Waals surface area contributed by atoms with Crippen molar-refractivity contribution in [1.29, 1.82) is 0 Å². The predicted octanol–water partition coefficient (Wildman–Crippen LogP) is 1.25. The van der Waals surface area contributed by atoms with Crippen molar-refractivity contribution < 1.29 is 9.53 Å². The van der Waals surface area contributed by atoms with Crippen LogP contribution in [0.1, 0.15) is 25.7 Å². The summed E-state index contributed by atoms with van der Waals surface area (Å²) in [6, 6.07) is 0. The highest BCUT2D eigenvalue weighted by Gasteiger charge is 2.46. The Hall–Kier alpha value is -0.830. The van der Waals surface area contributed by atoms with E-state index in [0.29, 0.717) is 5.92 Å². The highest BCUT2D eigenvalue weighted by atomic mass is 16.5. The highest BCUT2D eigenvalue weighted by molar-refractivity contribution is 5.87. The third-order valence-electron chi connectivity index (χ3n) is 3.30. The fourth-order valence-corrected chi connectivity index (χ4v) is 2.30. The van der Waals surface area contributed by atoms with E-state index >= 15 is 0 Å². The molecule has 0 aromatic carbocycles. The maximum Gasteiger partial charge on any atom is 0.243 e. The molecule has 1 aliphatic heterocycles. The Balaban J connectivity index is 2.04. The van der Waals surface area contributed by atoms with Crippen molar-refractivity contribution in [2.45, 2.75) is 31.2 Å². The molecule has 3 nitrogen and oxygen atoms in total. The van der Waals surface area contributed by atoms with Crippen LogP contribution in [0.15, 0.2) is 12.7 Å². The average Bonchev–Trinajstić information content (AvgIpc) is 3.02. The first kappa shape index (κ1) is 9.71. The first-order chi connectivity index (χ1) is 6.77.